The number of nitrogens with zero attached hydrogens (tertiary/aromatic N) is 2. The second kappa shape index (κ2) is 7.57. The average molecular weight is 346 g/mol. The maximum atomic E-state index is 5.79. The van der Waals surface area contributed by atoms with Crippen LogP contribution in [-0.4, -0.2) is 15.2 Å². The van der Waals surface area contributed by atoms with E-state index >= 15 is 0 Å². The van der Waals surface area contributed by atoms with Gasteiger partial charge in [-0.3, -0.25) is 5.10 Å². The first-order valence-electron chi connectivity index (χ1n) is 8.33. The maximum Gasteiger partial charge on any atom is 0.242 e. The van der Waals surface area contributed by atoms with Gasteiger partial charge in [0.25, 0.3) is 0 Å². The minimum Gasteiger partial charge on any atom is -0.489 e. The zero-order chi connectivity index (χ0) is 17.6. The van der Waals surface area contributed by atoms with Gasteiger partial charge in [-0.25, -0.2) is 0 Å². The van der Waals surface area contributed by atoms with Crippen LogP contribution in [0.25, 0.3) is 11.6 Å². The van der Waals surface area contributed by atoms with Gasteiger partial charge in [0.2, 0.25) is 5.95 Å². The third-order valence-corrected chi connectivity index (χ3v) is 3.86. The zero-order valence-corrected chi connectivity index (χ0v) is 14.1. The molecule has 0 aliphatic heterocycles. The molecule has 0 saturated carbocycles. The zero-order valence-electron chi connectivity index (χ0n) is 14.1. The molecule has 0 bridgehead atoms. The summed E-state index contributed by atoms with van der Waals surface area (Å²) in [5.41, 5.74) is 2.26. The van der Waals surface area contributed by atoms with Gasteiger partial charge in [0.05, 0.1) is 6.26 Å². The fourth-order valence-electron chi connectivity index (χ4n) is 2.49. The summed E-state index contributed by atoms with van der Waals surface area (Å²) in [5.74, 6) is 2.63. The molecule has 26 heavy (non-hydrogen) atoms. The molecule has 2 aromatic carbocycles. The average Bonchev–Trinajstić information content (AvgIpc) is 3.38. The number of furan rings is 1. The molecule has 6 nitrogen and oxygen atoms in total. The molecule has 0 fully saturated rings. The third kappa shape index (κ3) is 3.92. The van der Waals surface area contributed by atoms with Crippen LogP contribution in [0.2, 0.25) is 0 Å². The van der Waals surface area contributed by atoms with Gasteiger partial charge < -0.3 is 14.5 Å². The summed E-state index contributed by atoms with van der Waals surface area (Å²) in [6.07, 6.45) is 1.60. The molecule has 0 aliphatic carbocycles. The summed E-state index contributed by atoms with van der Waals surface area (Å²) in [6.45, 7) is 1.18. The quantitative estimate of drug-likeness (QED) is 0.523. The standard InChI is InChI=1S/C20H18N4O2/c1-2-5-16(6-3-1)14-26-17-10-8-15(9-11-17)13-21-20-22-19(23-24-20)18-7-4-12-25-18/h1-12H,13-14H2,(H2,21,22,23,24). The first kappa shape index (κ1) is 16.0. The van der Waals surface area contributed by atoms with Crippen LogP contribution in [0.15, 0.2) is 77.4 Å². The Morgan fingerprint density at radius 1 is 0.923 bits per heavy atom. The highest BCUT2D eigenvalue weighted by Crippen LogP contribution is 2.17. The predicted octanol–water partition coefficient (Wildman–Crippen LogP) is 4.26. The van der Waals surface area contributed by atoms with E-state index in [9.17, 15) is 0 Å². The molecule has 6 heteroatoms. The molecule has 0 atom stereocenters. The van der Waals surface area contributed by atoms with Gasteiger partial charge in [-0.2, -0.15) is 4.98 Å². The molecular weight excluding hydrogens is 328 g/mol. The van der Waals surface area contributed by atoms with Crippen molar-refractivity contribution in [2.45, 2.75) is 13.2 Å². The van der Waals surface area contributed by atoms with Crippen molar-refractivity contribution in [1.82, 2.24) is 15.2 Å². The first-order chi connectivity index (χ1) is 12.9. The second-order valence-electron chi connectivity index (χ2n) is 5.76. The number of nitrogens with one attached hydrogen (secondary N) is 2. The second-order valence-corrected chi connectivity index (χ2v) is 5.76. The Labute approximate surface area is 150 Å². The molecule has 0 saturated heterocycles. The molecule has 0 spiro atoms. The number of hydrogen-bond acceptors (Lipinski definition) is 5. The summed E-state index contributed by atoms with van der Waals surface area (Å²) >= 11 is 0. The van der Waals surface area contributed by atoms with Gasteiger partial charge >= 0.3 is 0 Å². The number of aromatic nitrogens is 3. The Morgan fingerprint density at radius 2 is 1.77 bits per heavy atom. The fraction of sp³-hybridized carbons (Fsp3) is 0.100. The van der Waals surface area contributed by atoms with E-state index in [2.05, 4.69) is 20.5 Å². The van der Waals surface area contributed by atoms with Crippen LogP contribution in [0.5, 0.6) is 5.75 Å². The molecule has 2 N–H and O–H groups in total. The predicted molar refractivity (Wildman–Crippen MR) is 98.6 cm³/mol. The van der Waals surface area contributed by atoms with Crippen LogP contribution >= 0.6 is 0 Å². The molecule has 0 radical (unpaired) electrons. The van der Waals surface area contributed by atoms with Crippen molar-refractivity contribution in [2.24, 2.45) is 0 Å². The lowest BCUT2D eigenvalue weighted by atomic mass is 10.2. The monoisotopic (exact) mass is 346 g/mol. The molecule has 0 aliphatic rings. The molecule has 0 amide bonds. The molecule has 4 aromatic rings. The third-order valence-electron chi connectivity index (χ3n) is 3.86. The Hall–Kier alpha value is -3.54. The molecule has 2 aromatic heterocycles. The van der Waals surface area contributed by atoms with Crippen LogP contribution in [0.4, 0.5) is 5.95 Å². The van der Waals surface area contributed by atoms with Gasteiger partial charge in [0.15, 0.2) is 11.6 Å². The van der Waals surface area contributed by atoms with Gasteiger partial charge in [0, 0.05) is 6.54 Å². The van der Waals surface area contributed by atoms with Gasteiger partial charge in [0.1, 0.15) is 12.4 Å². The topological polar surface area (TPSA) is 76.0 Å². The van der Waals surface area contributed by atoms with Crippen molar-refractivity contribution < 1.29 is 9.15 Å². The Kier molecular flexibility index (Phi) is 4.64. The van der Waals surface area contributed by atoms with Crippen molar-refractivity contribution in [3.05, 3.63) is 84.1 Å². The molecule has 4 rings (SSSR count). The summed E-state index contributed by atoms with van der Waals surface area (Å²) in [5, 5.41) is 10.2. The van der Waals surface area contributed by atoms with Crippen LogP contribution in [0, 0.1) is 0 Å². The van der Waals surface area contributed by atoms with E-state index in [-0.39, 0.29) is 0 Å². The Morgan fingerprint density at radius 3 is 2.54 bits per heavy atom. The Balaban J connectivity index is 1.30. The number of ether oxygens (including phenoxy) is 1. The van der Waals surface area contributed by atoms with Crippen molar-refractivity contribution >= 4 is 5.95 Å². The van der Waals surface area contributed by atoms with Crippen molar-refractivity contribution in [3.63, 3.8) is 0 Å². The highest BCUT2D eigenvalue weighted by molar-refractivity contribution is 5.48. The minimum absolute atomic E-state index is 0.529. The minimum atomic E-state index is 0.529. The van der Waals surface area contributed by atoms with Crippen molar-refractivity contribution in [1.29, 1.82) is 0 Å². The lowest BCUT2D eigenvalue weighted by molar-refractivity contribution is 0.306. The number of hydrogen-bond donors (Lipinski definition) is 2. The van der Waals surface area contributed by atoms with Crippen molar-refractivity contribution in [2.75, 3.05) is 5.32 Å². The number of H-pyrrole nitrogens is 1. The van der Waals surface area contributed by atoms with Crippen LogP contribution in [-0.2, 0) is 13.2 Å². The normalized spacial score (nSPS) is 10.6. The smallest absolute Gasteiger partial charge is 0.242 e. The fourth-order valence-corrected chi connectivity index (χ4v) is 2.49. The van der Waals surface area contributed by atoms with E-state index < -0.39 is 0 Å². The number of benzene rings is 2. The summed E-state index contributed by atoms with van der Waals surface area (Å²) < 4.78 is 11.1. The lowest BCUT2D eigenvalue weighted by Gasteiger charge is -2.07. The number of aromatic amines is 1. The maximum absolute atomic E-state index is 5.79. The summed E-state index contributed by atoms with van der Waals surface area (Å²) in [7, 11) is 0. The van der Waals surface area contributed by atoms with E-state index in [4.69, 9.17) is 9.15 Å². The van der Waals surface area contributed by atoms with Gasteiger partial charge in [-0.1, -0.05) is 42.5 Å². The van der Waals surface area contributed by atoms with Crippen LogP contribution < -0.4 is 10.1 Å². The summed E-state index contributed by atoms with van der Waals surface area (Å²) in [6, 6.07) is 21.7. The van der Waals surface area contributed by atoms with Gasteiger partial charge in [-0.15, -0.1) is 5.10 Å². The van der Waals surface area contributed by atoms with E-state index in [1.807, 2.05) is 66.7 Å². The van der Waals surface area contributed by atoms with E-state index in [0.717, 1.165) is 16.9 Å². The summed E-state index contributed by atoms with van der Waals surface area (Å²) in [4.78, 5) is 4.35. The SMILES string of the molecule is c1ccc(COc2ccc(CNc3n[nH]c(-c4ccco4)n3)cc2)cc1. The highest BCUT2D eigenvalue weighted by atomic mass is 16.5. The van der Waals surface area contributed by atoms with E-state index in [1.165, 1.54) is 0 Å². The Bertz CT molecular complexity index is 932. The molecular formula is C20H18N4O2. The van der Waals surface area contributed by atoms with E-state index in [0.29, 0.717) is 30.7 Å². The van der Waals surface area contributed by atoms with E-state index in [1.54, 1.807) is 6.26 Å². The lowest BCUT2D eigenvalue weighted by Crippen LogP contribution is -2.01. The molecule has 130 valence electrons. The molecule has 2 heterocycles. The largest absolute Gasteiger partial charge is 0.489 e. The van der Waals surface area contributed by atoms with Crippen molar-refractivity contribution in [3.8, 4) is 17.3 Å². The number of anilines is 1. The number of rotatable bonds is 7. The molecule has 0 unspecified atom stereocenters. The van der Waals surface area contributed by atoms with Crippen LogP contribution in [0.3, 0.4) is 0 Å². The highest BCUT2D eigenvalue weighted by Gasteiger charge is 2.07. The first-order valence-corrected chi connectivity index (χ1v) is 8.33. The van der Waals surface area contributed by atoms with Crippen LogP contribution in [0.1, 0.15) is 11.1 Å². The van der Waals surface area contributed by atoms with Gasteiger partial charge in [-0.05, 0) is 35.4 Å².